The minimum Gasteiger partial charge on any atom is -0.0791 e. The second kappa shape index (κ2) is 9.32. The van der Waals surface area contributed by atoms with Crippen molar-refractivity contribution >= 4 is 14.1 Å². The van der Waals surface area contributed by atoms with Gasteiger partial charge in [-0.1, -0.05) is 142 Å². The Morgan fingerprint density at radius 1 is 0.581 bits per heavy atom. The Morgan fingerprint density at radius 2 is 1.00 bits per heavy atom. The largest absolute Gasteiger partial charge is 0.0791 e. The van der Waals surface area contributed by atoms with Gasteiger partial charge >= 0.3 is 0 Å². The highest BCUT2D eigenvalue weighted by Gasteiger charge is 2.52. The van der Waals surface area contributed by atoms with Crippen LogP contribution in [0.5, 0.6) is 0 Å². The third kappa shape index (κ3) is 4.05. The van der Waals surface area contributed by atoms with E-state index in [1.54, 1.807) is 50.1 Å². The second-order valence-electron chi connectivity index (χ2n) is 17.3. The molecule has 4 aliphatic rings. The normalized spacial score (nSPS) is 23.7. The van der Waals surface area contributed by atoms with Crippen molar-refractivity contribution < 1.29 is 0 Å². The molecule has 0 heterocycles. The summed E-state index contributed by atoms with van der Waals surface area (Å²) >= 11 is 0. The van der Waals surface area contributed by atoms with E-state index in [0.717, 1.165) is 0 Å². The molecule has 4 aliphatic carbocycles. The summed E-state index contributed by atoms with van der Waals surface area (Å²) in [6.07, 6.45) is 10.1. The summed E-state index contributed by atoms with van der Waals surface area (Å²) in [4.78, 5) is 0. The number of fused-ring (bicyclic) bond motifs is 6. The molecule has 0 saturated heterocycles. The quantitative estimate of drug-likeness (QED) is 0.267. The lowest BCUT2D eigenvalue weighted by molar-refractivity contribution is 0.331. The van der Waals surface area contributed by atoms with Gasteiger partial charge in [0.1, 0.15) is 0 Å². The van der Waals surface area contributed by atoms with Crippen molar-refractivity contribution in [2.24, 2.45) is 0 Å². The first-order valence-corrected chi connectivity index (χ1v) is 19.9. The highest BCUT2D eigenvalue weighted by atomic mass is 28.3. The van der Waals surface area contributed by atoms with E-state index in [1.165, 1.54) is 43.3 Å². The first-order chi connectivity index (χ1) is 20.2. The fraction of sp³-hybridized carbons (Fsp3) is 0.524. The maximum atomic E-state index is 2.77. The zero-order valence-corrected chi connectivity index (χ0v) is 29.7. The molecule has 0 spiro atoms. The molecule has 3 aromatic carbocycles. The lowest BCUT2D eigenvalue weighted by Gasteiger charge is -2.45. The number of benzene rings is 3. The Kier molecular flexibility index (Phi) is 6.36. The summed E-state index contributed by atoms with van der Waals surface area (Å²) in [5.74, 6) is 0. The van der Waals surface area contributed by atoms with Crippen LogP contribution in [0.15, 0.2) is 54.6 Å². The summed E-state index contributed by atoms with van der Waals surface area (Å²) < 4.78 is 0. The molecule has 3 aromatic rings. The van der Waals surface area contributed by atoms with Gasteiger partial charge in [-0.15, -0.1) is 0 Å². The Balaban J connectivity index is 1.56. The fourth-order valence-corrected chi connectivity index (χ4v) is 15.7. The van der Waals surface area contributed by atoms with Gasteiger partial charge in [0.15, 0.2) is 0 Å². The lowest BCUT2D eigenvalue weighted by Crippen LogP contribution is -2.46. The van der Waals surface area contributed by atoms with Gasteiger partial charge in [0.25, 0.3) is 0 Å². The van der Waals surface area contributed by atoms with E-state index in [9.17, 15) is 0 Å². The van der Waals surface area contributed by atoms with Gasteiger partial charge < -0.3 is 0 Å². The van der Waals surface area contributed by atoms with Crippen LogP contribution in [-0.4, -0.2) is 8.07 Å². The van der Waals surface area contributed by atoms with Gasteiger partial charge in [-0.3, -0.25) is 0 Å². The third-order valence-electron chi connectivity index (χ3n) is 13.3. The van der Waals surface area contributed by atoms with Crippen molar-refractivity contribution in [1.82, 2.24) is 0 Å². The molecule has 0 amide bonds. The van der Waals surface area contributed by atoms with Crippen molar-refractivity contribution in [3.05, 3.63) is 99.1 Å². The first-order valence-electron chi connectivity index (χ1n) is 17.3. The SMILES string of the molecule is CC[Si](CC)(C1C=Cc2ccccc21)C1c2cc3c(cc2-c2cc4c(cc21)C(C)(C)CCC4(C)C)C(C)(C)CCC3(C)C. The summed E-state index contributed by atoms with van der Waals surface area (Å²) in [7, 11) is -1.97. The average molecular weight is 587 g/mol. The van der Waals surface area contributed by atoms with Crippen molar-refractivity contribution in [1.29, 1.82) is 0 Å². The zero-order chi connectivity index (χ0) is 30.7. The number of hydrogen-bond acceptors (Lipinski definition) is 0. The Hall–Kier alpha value is -2.38. The van der Waals surface area contributed by atoms with Gasteiger partial charge in [-0.25, -0.2) is 0 Å². The van der Waals surface area contributed by atoms with Crippen LogP contribution >= 0.6 is 0 Å². The molecule has 1 unspecified atom stereocenters. The molecule has 0 fully saturated rings. The molecule has 43 heavy (non-hydrogen) atoms. The molecule has 0 aromatic heterocycles. The smallest absolute Gasteiger partial charge is 0.0777 e. The Bertz CT molecular complexity index is 1570. The highest BCUT2D eigenvalue weighted by molar-refractivity contribution is 6.84. The predicted octanol–water partition coefficient (Wildman–Crippen LogP) is 11.9. The monoisotopic (exact) mass is 586 g/mol. The minimum absolute atomic E-state index is 0.213. The van der Waals surface area contributed by atoms with Crippen molar-refractivity contribution in [2.75, 3.05) is 0 Å². The highest BCUT2D eigenvalue weighted by Crippen LogP contribution is 2.61. The molecule has 1 heteroatoms. The van der Waals surface area contributed by atoms with Crippen molar-refractivity contribution in [3.8, 4) is 11.1 Å². The van der Waals surface area contributed by atoms with Crippen LogP contribution in [0.25, 0.3) is 17.2 Å². The van der Waals surface area contributed by atoms with Gasteiger partial charge in [0, 0.05) is 5.54 Å². The van der Waals surface area contributed by atoms with Crippen LogP contribution in [0.4, 0.5) is 0 Å². The van der Waals surface area contributed by atoms with Crippen LogP contribution in [0.3, 0.4) is 0 Å². The molecule has 0 nitrogen and oxygen atoms in total. The molecule has 0 saturated carbocycles. The number of hydrogen-bond donors (Lipinski definition) is 0. The van der Waals surface area contributed by atoms with Crippen LogP contribution in [0, 0.1) is 0 Å². The Labute approximate surface area is 263 Å². The summed E-state index contributed by atoms with van der Waals surface area (Å²) in [6, 6.07) is 22.8. The molecule has 0 N–H and O–H groups in total. The van der Waals surface area contributed by atoms with Gasteiger partial charge in [0.2, 0.25) is 0 Å². The topological polar surface area (TPSA) is 0 Å². The molecule has 1 atom stereocenters. The van der Waals surface area contributed by atoms with Gasteiger partial charge in [-0.2, -0.15) is 0 Å². The molecule has 0 aliphatic heterocycles. The summed E-state index contributed by atoms with van der Waals surface area (Å²) in [6.45, 7) is 25.1. The molecular weight excluding hydrogens is 533 g/mol. The Morgan fingerprint density at radius 3 is 1.44 bits per heavy atom. The first kappa shape index (κ1) is 29.3. The van der Waals surface area contributed by atoms with E-state index in [1.807, 2.05) is 0 Å². The summed E-state index contributed by atoms with van der Waals surface area (Å²) in [5, 5.41) is 0. The van der Waals surface area contributed by atoms with Crippen LogP contribution in [0.2, 0.25) is 12.1 Å². The predicted molar refractivity (Wildman–Crippen MR) is 189 cm³/mol. The molecule has 7 rings (SSSR count). The average Bonchev–Trinajstić information content (AvgIpc) is 3.54. The van der Waals surface area contributed by atoms with E-state index in [4.69, 9.17) is 0 Å². The van der Waals surface area contributed by atoms with Crippen molar-refractivity contribution in [3.63, 3.8) is 0 Å². The molecule has 0 radical (unpaired) electrons. The third-order valence-corrected chi connectivity index (χ3v) is 19.4. The lowest BCUT2D eigenvalue weighted by atomic mass is 9.62. The van der Waals surface area contributed by atoms with E-state index in [0.29, 0.717) is 11.1 Å². The van der Waals surface area contributed by atoms with Gasteiger partial charge in [-0.05, 0) is 109 Å². The minimum atomic E-state index is -1.97. The van der Waals surface area contributed by atoms with Crippen molar-refractivity contribution in [2.45, 2.75) is 140 Å². The molecule has 0 bridgehead atoms. The van der Waals surface area contributed by atoms with E-state index >= 15 is 0 Å². The van der Waals surface area contributed by atoms with Crippen LogP contribution in [-0.2, 0) is 21.7 Å². The second-order valence-corrected chi connectivity index (χ2v) is 22.4. The standard InChI is InChI=1S/C42H54Si/c1-11-43(12-2,37-18-17-27-15-13-14-16-28(27)37)38-31-25-35-33(39(3,4)19-21-41(35,7)8)23-29(31)30-24-34-36(26-32(30)38)42(9,10)22-20-40(34,5)6/h13-18,23-26,37-38H,11-12,19-22H2,1-10H3. The zero-order valence-electron chi connectivity index (χ0n) is 28.7. The van der Waals surface area contributed by atoms with Gasteiger partial charge in [0.05, 0.1) is 8.07 Å². The number of rotatable bonds is 4. The van der Waals surface area contributed by atoms with E-state index < -0.39 is 8.07 Å². The van der Waals surface area contributed by atoms with Crippen LogP contribution < -0.4 is 0 Å². The summed E-state index contributed by atoms with van der Waals surface area (Å²) in [5.41, 5.74) is 17.9. The number of allylic oxidation sites excluding steroid dienone is 1. The molecular formula is C42H54Si. The maximum Gasteiger partial charge on any atom is 0.0777 e. The maximum absolute atomic E-state index is 2.77. The van der Waals surface area contributed by atoms with E-state index in [2.05, 4.69) is 130 Å². The van der Waals surface area contributed by atoms with Crippen LogP contribution in [0.1, 0.15) is 151 Å². The van der Waals surface area contributed by atoms with E-state index in [-0.39, 0.29) is 21.7 Å². The molecule has 226 valence electrons. The fourth-order valence-electron chi connectivity index (χ4n) is 10.0.